The number of nitrogens with one attached hydrogen (secondary N) is 3. The minimum atomic E-state index is -0.966. The number of benzene rings is 7. The summed E-state index contributed by atoms with van der Waals surface area (Å²) in [5.74, 6) is 0.317. The number of rotatable bonds is 13. The summed E-state index contributed by atoms with van der Waals surface area (Å²) in [5.41, 5.74) is 5.71. The molecule has 17 nitrogen and oxygen atoms in total. The number of hydrogen-bond acceptors (Lipinski definition) is 13. The van der Waals surface area contributed by atoms with Crippen LogP contribution in [0.1, 0.15) is 81.6 Å². The summed E-state index contributed by atoms with van der Waals surface area (Å²) in [6, 6.07) is 33.4. The van der Waals surface area contributed by atoms with Crippen LogP contribution in [0.25, 0.3) is 65.0 Å². The van der Waals surface area contributed by atoms with Gasteiger partial charge >= 0.3 is 11.9 Å². The van der Waals surface area contributed by atoms with Gasteiger partial charge in [0.05, 0.1) is 45.9 Å². The molecule has 0 aliphatic carbocycles. The van der Waals surface area contributed by atoms with Crippen LogP contribution in [-0.2, 0) is 38.7 Å². The average molecular weight is 1020 g/mol. The van der Waals surface area contributed by atoms with Gasteiger partial charge in [0.25, 0.3) is 22.6 Å². The summed E-state index contributed by atoms with van der Waals surface area (Å²) in [6.45, 7) is 10.00. The lowest BCUT2D eigenvalue weighted by Crippen LogP contribution is -2.42. The first-order valence-electron chi connectivity index (χ1n) is 24.9. The fourth-order valence-electron chi connectivity index (χ4n) is 10.2. The Labute approximate surface area is 433 Å². The molecule has 0 saturated heterocycles. The van der Waals surface area contributed by atoms with Crippen LogP contribution < -0.4 is 21.6 Å². The van der Waals surface area contributed by atoms with Gasteiger partial charge in [-0.2, -0.15) is 0 Å². The summed E-state index contributed by atoms with van der Waals surface area (Å²) in [5, 5.41) is 6.62. The van der Waals surface area contributed by atoms with E-state index >= 15 is 0 Å². The summed E-state index contributed by atoms with van der Waals surface area (Å²) in [7, 11) is 0. The number of carbonyl (C=O) groups is 4. The number of nitrogens with zero attached hydrogens (tertiary/aromatic N) is 5. The standard InChI is InChI=1S/C45H42N6O7.C14H10N2O2/c1-5-57-39(52)18-17-38(45(56)58-6-2)51-24-31-21-32(13-14-33(31)44(51)55)50(22-27-7-9-29-11-15-36-40(34(29)19-27)42(53)48-25(3)46-36)23-28-8-10-30-12-16-37-41(35(30)20-28)43(54)49-26(4)47-37;1-8-15-12-5-4-10-3-2-9(7-17)6-11(10)13(12)14(18)16-8/h7-16,19-21,38H,5-6,17-18,22-24H2,1-4H3,(H,46,48,53)(H,47,49,54);2-7H,1H3,(H,15,16,18)/t38-;/m0./s1. The molecule has 382 valence electrons. The number of carbonyl (C=O) groups excluding carboxylic acids is 4. The number of ether oxygens (including phenoxy) is 2. The van der Waals surface area contributed by atoms with Crippen LogP contribution in [0.4, 0.5) is 5.69 Å². The zero-order valence-electron chi connectivity index (χ0n) is 42.4. The third-order valence-electron chi connectivity index (χ3n) is 13.6. The van der Waals surface area contributed by atoms with E-state index in [-0.39, 0.29) is 55.2 Å². The van der Waals surface area contributed by atoms with Gasteiger partial charge in [-0.1, -0.05) is 54.6 Å². The van der Waals surface area contributed by atoms with Gasteiger partial charge in [-0.3, -0.25) is 28.8 Å². The van der Waals surface area contributed by atoms with Crippen molar-refractivity contribution in [3.05, 3.63) is 186 Å². The van der Waals surface area contributed by atoms with E-state index in [0.29, 0.717) is 74.4 Å². The highest BCUT2D eigenvalue weighted by Gasteiger charge is 2.38. The molecule has 7 aromatic carbocycles. The predicted molar refractivity (Wildman–Crippen MR) is 292 cm³/mol. The molecule has 10 aromatic rings. The number of anilines is 1. The molecule has 0 fully saturated rings. The van der Waals surface area contributed by atoms with Gasteiger partial charge in [0.15, 0.2) is 0 Å². The second-order valence-corrected chi connectivity index (χ2v) is 18.8. The van der Waals surface area contributed by atoms with Crippen molar-refractivity contribution >= 4 is 94.8 Å². The third-order valence-corrected chi connectivity index (χ3v) is 13.6. The monoisotopic (exact) mass is 1020 g/mol. The Morgan fingerprint density at radius 1 is 0.618 bits per heavy atom. The van der Waals surface area contributed by atoms with Crippen LogP contribution in [0.5, 0.6) is 0 Å². The molecule has 1 aliphatic rings. The van der Waals surface area contributed by atoms with Crippen LogP contribution in [0.15, 0.2) is 124 Å². The van der Waals surface area contributed by atoms with Gasteiger partial charge in [-0.05, 0) is 145 Å². The minimum Gasteiger partial charge on any atom is -0.466 e. The van der Waals surface area contributed by atoms with Crippen molar-refractivity contribution < 1.29 is 28.7 Å². The molecule has 3 aromatic heterocycles. The van der Waals surface area contributed by atoms with Gasteiger partial charge in [0.1, 0.15) is 29.8 Å². The highest BCUT2D eigenvalue weighted by Crippen LogP contribution is 2.34. The van der Waals surface area contributed by atoms with Gasteiger partial charge in [-0.15, -0.1) is 0 Å². The number of aromatic nitrogens is 6. The number of esters is 2. The van der Waals surface area contributed by atoms with Crippen LogP contribution in [0.2, 0.25) is 0 Å². The summed E-state index contributed by atoms with van der Waals surface area (Å²) in [4.78, 5) is 114. The summed E-state index contributed by atoms with van der Waals surface area (Å²) < 4.78 is 10.4. The van der Waals surface area contributed by atoms with Crippen molar-refractivity contribution in [3.63, 3.8) is 0 Å². The van der Waals surface area contributed by atoms with E-state index in [1.807, 2.05) is 91.0 Å². The quantitative estimate of drug-likeness (QED) is 0.0558. The van der Waals surface area contributed by atoms with Gasteiger partial charge in [0, 0.05) is 42.9 Å². The normalized spacial score (nSPS) is 12.5. The van der Waals surface area contributed by atoms with E-state index < -0.39 is 18.0 Å². The molecule has 4 heterocycles. The number of aldehydes is 1. The van der Waals surface area contributed by atoms with Gasteiger partial charge in [0.2, 0.25) is 0 Å². The maximum absolute atomic E-state index is 13.9. The zero-order chi connectivity index (χ0) is 53.4. The Kier molecular flexibility index (Phi) is 13.8. The molecular weight excluding hydrogens is 965 g/mol. The zero-order valence-corrected chi connectivity index (χ0v) is 42.4. The van der Waals surface area contributed by atoms with Crippen LogP contribution in [-0.4, -0.2) is 78.2 Å². The molecule has 3 N–H and O–H groups in total. The largest absolute Gasteiger partial charge is 0.466 e. The van der Waals surface area contributed by atoms with Crippen molar-refractivity contribution in [2.45, 2.75) is 73.1 Å². The Balaban J connectivity index is 0.000000306. The topological polar surface area (TPSA) is 230 Å². The Hall–Kier alpha value is -9.38. The SMILES string of the molecule is CCOC(=O)CC[C@@H](C(=O)OCC)N1Cc2cc(N(Cc3ccc4ccc5nc(C)[nH]c(=O)c5c4c3)Cc3ccc4ccc5nc(C)[nH]c(=O)c5c4c3)ccc2C1=O.Cc1nc2ccc3ccc(C=O)cc3c2c(=O)[nH]1. The Morgan fingerprint density at radius 2 is 1.09 bits per heavy atom. The number of amides is 1. The first-order chi connectivity index (χ1) is 36.7. The first-order valence-corrected chi connectivity index (χ1v) is 24.9. The number of hydrogen-bond donors (Lipinski definition) is 3. The van der Waals surface area contributed by atoms with E-state index in [1.54, 1.807) is 52.8 Å². The fraction of sp³-hybridized carbons (Fsp3) is 0.220. The van der Waals surface area contributed by atoms with Crippen molar-refractivity contribution in [1.82, 2.24) is 34.8 Å². The smallest absolute Gasteiger partial charge is 0.328 e. The van der Waals surface area contributed by atoms with Gasteiger partial charge < -0.3 is 34.2 Å². The maximum Gasteiger partial charge on any atom is 0.328 e. The van der Waals surface area contributed by atoms with Crippen LogP contribution >= 0.6 is 0 Å². The van der Waals surface area contributed by atoms with Crippen molar-refractivity contribution in [3.8, 4) is 0 Å². The highest BCUT2D eigenvalue weighted by atomic mass is 16.5. The molecule has 1 aliphatic heterocycles. The highest BCUT2D eigenvalue weighted by molar-refractivity contribution is 6.08. The van der Waals surface area contributed by atoms with Crippen LogP contribution in [0.3, 0.4) is 0 Å². The van der Waals surface area contributed by atoms with Gasteiger partial charge in [-0.25, -0.2) is 19.7 Å². The number of H-pyrrole nitrogens is 3. The first kappa shape index (κ1) is 50.2. The lowest BCUT2D eigenvalue weighted by Gasteiger charge is -2.26. The van der Waals surface area contributed by atoms with E-state index in [1.165, 1.54) is 4.90 Å². The van der Waals surface area contributed by atoms with E-state index in [4.69, 9.17) is 9.47 Å². The molecule has 0 spiro atoms. The predicted octanol–water partition coefficient (Wildman–Crippen LogP) is 8.72. The Bertz CT molecular complexity index is 4060. The number of fused-ring (bicyclic) bond motifs is 10. The molecule has 0 radical (unpaired) electrons. The molecule has 0 bridgehead atoms. The second kappa shape index (κ2) is 20.9. The lowest BCUT2D eigenvalue weighted by atomic mass is 10.0. The molecule has 76 heavy (non-hydrogen) atoms. The summed E-state index contributed by atoms with van der Waals surface area (Å²) in [6.07, 6.45) is 0.801. The van der Waals surface area contributed by atoms with Crippen LogP contribution in [0, 0.1) is 20.8 Å². The second-order valence-electron chi connectivity index (χ2n) is 18.8. The Morgan fingerprint density at radius 3 is 1.58 bits per heavy atom. The molecule has 1 amide bonds. The molecule has 11 rings (SSSR count). The van der Waals surface area contributed by atoms with Crippen molar-refractivity contribution in [2.75, 3.05) is 18.1 Å². The molecular formula is C59H52N8O9. The summed E-state index contributed by atoms with van der Waals surface area (Å²) >= 11 is 0. The maximum atomic E-state index is 13.9. The average Bonchev–Trinajstić information content (AvgIpc) is 3.73. The number of aromatic amines is 3. The minimum absolute atomic E-state index is 0.0400. The molecule has 1 atom stereocenters. The fourth-order valence-corrected chi connectivity index (χ4v) is 10.2. The molecule has 0 saturated carbocycles. The number of aryl methyl sites for hydroxylation is 3. The van der Waals surface area contributed by atoms with Crippen molar-refractivity contribution in [1.29, 1.82) is 0 Å². The molecule has 0 unspecified atom stereocenters. The molecule has 17 heteroatoms. The van der Waals surface area contributed by atoms with E-state index in [0.717, 1.165) is 61.0 Å². The van der Waals surface area contributed by atoms with Crippen molar-refractivity contribution in [2.24, 2.45) is 0 Å². The van der Waals surface area contributed by atoms with E-state index in [2.05, 4.69) is 34.8 Å². The van der Waals surface area contributed by atoms with E-state index in [9.17, 15) is 33.6 Å². The third kappa shape index (κ3) is 9.89. The lowest BCUT2D eigenvalue weighted by molar-refractivity contribution is -0.150.